The molecule has 26 heavy (non-hydrogen) atoms. The van der Waals surface area contributed by atoms with Crippen LogP contribution in [0.1, 0.15) is 41.8 Å². The minimum absolute atomic E-state index is 0.0198. The summed E-state index contributed by atoms with van der Waals surface area (Å²) >= 11 is 0. The molecule has 0 spiro atoms. The summed E-state index contributed by atoms with van der Waals surface area (Å²) in [6.07, 6.45) is 0.182. The Morgan fingerprint density at radius 2 is 1.50 bits per heavy atom. The molecule has 0 aliphatic heterocycles. The van der Waals surface area contributed by atoms with Crippen LogP contribution in [0, 0.1) is 13.8 Å². The quantitative estimate of drug-likeness (QED) is 0.802. The molecule has 1 N–H and O–H groups in total. The van der Waals surface area contributed by atoms with Crippen molar-refractivity contribution in [2.75, 3.05) is 16.8 Å². The maximum Gasteiger partial charge on any atom is 0.226 e. The summed E-state index contributed by atoms with van der Waals surface area (Å²) in [7, 11) is 0. The molecule has 2 amide bonds. The Labute approximate surface area is 154 Å². The Balaban J connectivity index is 2.04. The third kappa shape index (κ3) is 4.79. The van der Waals surface area contributed by atoms with E-state index in [1.807, 2.05) is 32.0 Å². The van der Waals surface area contributed by atoms with Gasteiger partial charge in [-0.05, 0) is 56.2 Å². The number of carbonyl (C=O) groups excluding carboxylic acids is 3. The minimum Gasteiger partial charge on any atom is -0.326 e. The Morgan fingerprint density at radius 3 is 2.00 bits per heavy atom. The van der Waals surface area contributed by atoms with Crippen molar-refractivity contribution in [3.63, 3.8) is 0 Å². The van der Waals surface area contributed by atoms with Crippen molar-refractivity contribution in [1.29, 1.82) is 0 Å². The van der Waals surface area contributed by atoms with Crippen molar-refractivity contribution in [1.82, 2.24) is 0 Å². The van der Waals surface area contributed by atoms with Crippen molar-refractivity contribution in [2.45, 2.75) is 34.1 Å². The molecule has 0 aromatic heterocycles. The molecule has 2 rings (SSSR count). The topological polar surface area (TPSA) is 66.5 Å². The molecule has 0 saturated heterocycles. The highest BCUT2D eigenvalue weighted by molar-refractivity contribution is 5.97. The SMILES string of the molecule is CC(=O)c1ccc(NC(=O)CCN(C(C)=O)c2c(C)cccc2C)cc1. The molecule has 136 valence electrons. The molecule has 5 nitrogen and oxygen atoms in total. The first kappa shape index (κ1) is 19.4. The molecule has 0 unspecified atom stereocenters. The van der Waals surface area contributed by atoms with Gasteiger partial charge in [-0.1, -0.05) is 18.2 Å². The number of benzene rings is 2. The van der Waals surface area contributed by atoms with Crippen LogP contribution in [-0.4, -0.2) is 24.1 Å². The predicted octanol–water partition coefficient (Wildman–Crippen LogP) is 3.89. The standard InChI is InChI=1S/C21H24N2O3/c1-14-6-5-7-15(2)21(14)23(17(4)25)13-12-20(26)22-19-10-8-18(9-11-19)16(3)24/h5-11H,12-13H2,1-4H3,(H,22,26). The molecule has 0 bridgehead atoms. The Bertz CT molecular complexity index is 805. The smallest absolute Gasteiger partial charge is 0.226 e. The zero-order chi connectivity index (χ0) is 19.3. The summed E-state index contributed by atoms with van der Waals surface area (Å²) in [5, 5.41) is 2.79. The highest BCUT2D eigenvalue weighted by atomic mass is 16.2. The van der Waals surface area contributed by atoms with E-state index in [4.69, 9.17) is 0 Å². The summed E-state index contributed by atoms with van der Waals surface area (Å²) in [5.41, 5.74) is 4.08. The van der Waals surface area contributed by atoms with E-state index >= 15 is 0 Å². The normalized spacial score (nSPS) is 10.3. The van der Waals surface area contributed by atoms with E-state index in [2.05, 4.69) is 5.32 Å². The van der Waals surface area contributed by atoms with E-state index in [1.54, 1.807) is 29.2 Å². The van der Waals surface area contributed by atoms with Crippen LogP contribution in [0.3, 0.4) is 0 Å². The lowest BCUT2D eigenvalue weighted by Gasteiger charge is -2.25. The van der Waals surface area contributed by atoms with E-state index < -0.39 is 0 Å². The molecule has 2 aromatic carbocycles. The maximum atomic E-state index is 12.2. The highest BCUT2D eigenvalue weighted by Gasteiger charge is 2.17. The number of ketones is 1. The number of hydrogen-bond donors (Lipinski definition) is 1. The molecular weight excluding hydrogens is 328 g/mol. The molecule has 0 fully saturated rings. The number of nitrogens with one attached hydrogen (secondary N) is 1. The van der Waals surface area contributed by atoms with Gasteiger partial charge in [0.25, 0.3) is 0 Å². The lowest BCUT2D eigenvalue weighted by Crippen LogP contribution is -2.33. The molecule has 0 radical (unpaired) electrons. The third-order valence-corrected chi connectivity index (χ3v) is 4.23. The number of carbonyl (C=O) groups is 3. The van der Waals surface area contributed by atoms with Crippen molar-refractivity contribution < 1.29 is 14.4 Å². The molecule has 5 heteroatoms. The highest BCUT2D eigenvalue weighted by Crippen LogP contribution is 2.25. The van der Waals surface area contributed by atoms with Crippen LogP contribution in [0.5, 0.6) is 0 Å². The van der Waals surface area contributed by atoms with E-state index in [0.717, 1.165) is 16.8 Å². The molecule has 0 aliphatic carbocycles. The summed E-state index contributed by atoms with van der Waals surface area (Å²) in [4.78, 5) is 37.3. The van der Waals surface area contributed by atoms with E-state index in [9.17, 15) is 14.4 Å². The Hall–Kier alpha value is -2.95. The van der Waals surface area contributed by atoms with E-state index in [1.165, 1.54) is 13.8 Å². The van der Waals surface area contributed by atoms with Crippen molar-refractivity contribution in [2.24, 2.45) is 0 Å². The van der Waals surface area contributed by atoms with Gasteiger partial charge in [0.1, 0.15) is 0 Å². The van der Waals surface area contributed by atoms with Crippen LogP contribution in [0.2, 0.25) is 0 Å². The van der Waals surface area contributed by atoms with Gasteiger partial charge in [-0.15, -0.1) is 0 Å². The lowest BCUT2D eigenvalue weighted by atomic mass is 10.1. The number of amides is 2. The number of nitrogens with zero attached hydrogens (tertiary/aromatic N) is 1. The molecule has 0 saturated carbocycles. The monoisotopic (exact) mass is 352 g/mol. The van der Waals surface area contributed by atoms with Gasteiger partial charge in [-0.3, -0.25) is 14.4 Å². The first-order valence-corrected chi connectivity index (χ1v) is 8.54. The first-order valence-electron chi connectivity index (χ1n) is 8.54. The van der Waals surface area contributed by atoms with Crippen molar-refractivity contribution >= 4 is 29.0 Å². The average Bonchev–Trinajstić information content (AvgIpc) is 2.57. The number of anilines is 2. The largest absolute Gasteiger partial charge is 0.326 e. The molecular formula is C21H24N2O3. The van der Waals surface area contributed by atoms with E-state index in [-0.39, 0.29) is 24.0 Å². The van der Waals surface area contributed by atoms with Gasteiger partial charge in [0.05, 0.1) is 0 Å². The maximum absolute atomic E-state index is 12.2. The summed E-state index contributed by atoms with van der Waals surface area (Å²) in [5.74, 6) is -0.298. The van der Waals surface area contributed by atoms with Gasteiger partial charge >= 0.3 is 0 Å². The van der Waals surface area contributed by atoms with Crippen LogP contribution in [0.25, 0.3) is 0 Å². The summed E-state index contributed by atoms with van der Waals surface area (Å²) < 4.78 is 0. The number of aryl methyl sites for hydroxylation is 2. The predicted molar refractivity (Wildman–Crippen MR) is 104 cm³/mol. The summed E-state index contributed by atoms with van der Waals surface area (Å²) in [6, 6.07) is 12.6. The van der Waals surface area contributed by atoms with Crippen molar-refractivity contribution in [3.8, 4) is 0 Å². The fourth-order valence-corrected chi connectivity index (χ4v) is 2.88. The van der Waals surface area contributed by atoms with Gasteiger partial charge in [-0.2, -0.15) is 0 Å². The summed E-state index contributed by atoms with van der Waals surface area (Å²) in [6.45, 7) is 7.21. The average molecular weight is 352 g/mol. The van der Waals surface area contributed by atoms with Gasteiger partial charge in [0.15, 0.2) is 5.78 Å². The molecule has 0 atom stereocenters. The minimum atomic E-state index is -0.182. The van der Waals surface area contributed by atoms with Crippen LogP contribution in [-0.2, 0) is 9.59 Å². The van der Waals surface area contributed by atoms with Crippen molar-refractivity contribution in [3.05, 3.63) is 59.2 Å². The number of Topliss-reactive ketones (excluding diaryl/α,β-unsaturated/α-hetero) is 1. The second-order valence-electron chi connectivity index (χ2n) is 6.34. The van der Waals surface area contributed by atoms with Crippen LogP contribution >= 0.6 is 0 Å². The zero-order valence-corrected chi connectivity index (χ0v) is 15.6. The molecule has 0 aliphatic rings. The molecule has 2 aromatic rings. The lowest BCUT2D eigenvalue weighted by molar-refractivity contribution is -0.117. The number of para-hydroxylation sites is 1. The van der Waals surface area contributed by atoms with Gasteiger partial charge < -0.3 is 10.2 Å². The third-order valence-electron chi connectivity index (χ3n) is 4.23. The van der Waals surface area contributed by atoms with Gasteiger partial charge in [0, 0.05) is 36.8 Å². The Morgan fingerprint density at radius 1 is 0.923 bits per heavy atom. The number of rotatable bonds is 6. The van der Waals surface area contributed by atoms with Crippen LogP contribution < -0.4 is 10.2 Å². The zero-order valence-electron chi connectivity index (χ0n) is 15.6. The second-order valence-corrected chi connectivity index (χ2v) is 6.34. The fourth-order valence-electron chi connectivity index (χ4n) is 2.88. The van der Waals surface area contributed by atoms with Crippen LogP contribution in [0.15, 0.2) is 42.5 Å². The first-order chi connectivity index (χ1) is 12.3. The number of hydrogen-bond acceptors (Lipinski definition) is 3. The van der Waals surface area contributed by atoms with Crippen LogP contribution in [0.4, 0.5) is 11.4 Å². The van der Waals surface area contributed by atoms with E-state index in [0.29, 0.717) is 17.8 Å². The van der Waals surface area contributed by atoms with Gasteiger partial charge in [-0.25, -0.2) is 0 Å². The van der Waals surface area contributed by atoms with Gasteiger partial charge in [0.2, 0.25) is 11.8 Å². The second kappa shape index (κ2) is 8.43. The Kier molecular flexibility index (Phi) is 6.28. The molecule has 0 heterocycles. The fraction of sp³-hybridized carbons (Fsp3) is 0.286.